The summed E-state index contributed by atoms with van der Waals surface area (Å²) in [5.74, 6) is -0.986. The predicted molar refractivity (Wildman–Crippen MR) is 106 cm³/mol. The molecule has 0 spiro atoms. The van der Waals surface area contributed by atoms with Crippen LogP contribution in [0.4, 0.5) is 10.1 Å². The lowest BCUT2D eigenvalue weighted by atomic mass is 10.2. The Morgan fingerprint density at radius 3 is 2.69 bits per heavy atom. The number of amides is 1. The Balaban J connectivity index is 1.78. The molecule has 0 unspecified atom stereocenters. The van der Waals surface area contributed by atoms with Crippen molar-refractivity contribution in [3.05, 3.63) is 59.9 Å². The molecule has 2 aromatic carbocycles. The number of carbonyl (C=O) groups is 2. The molecule has 2 rings (SSSR count). The van der Waals surface area contributed by atoms with E-state index in [9.17, 15) is 14.0 Å². The first kappa shape index (κ1) is 21.9. The summed E-state index contributed by atoms with van der Waals surface area (Å²) in [6.45, 7) is 1.80. The molecule has 0 heterocycles. The van der Waals surface area contributed by atoms with Gasteiger partial charge in [-0.1, -0.05) is 24.3 Å². The molecular weight excluding hydrogens is 375 g/mol. The molecule has 0 N–H and O–H groups in total. The monoisotopic (exact) mass is 398 g/mol. The summed E-state index contributed by atoms with van der Waals surface area (Å²) < 4.78 is 24.6. The van der Waals surface area contributed by atoms with Gasteiger partial charge < -0.3 is 14.4 Å². The van der Waals surface area contributed by atoms with Gasteiger partial charge in [0.25, 0.3) is 5.91 Å². The molecule has 29 heavy (non-hydrogen) atoms. The molecule has 0 saturated carbocycles. The highest BCUT2D eigenvalue weighted by molar-refractivity contribution is 5.95. The van der Waals surface area contributed by atoms with Crippen LogP contribution in [0.25, 0.3) is 0 Å². The number of benzene rings is 2. The first-order valence-corrected chi connectivity index (χ1v) is 9.28. The number of aryl methyl sites for hydroxylation is 1. The number of carbonyl (C=O) groups excluding carboxylic acids is 2. The summed E-state index contributed by atoms with van der Waals surface area (Å²) in [5, 5.41) is 8.77. The van der Waals surface area contributed by atoms with E-state index >= 15 is 0 Å². The van der Waals surface area contributed by atoms with Gasteiger partial charge in [-0.25, -0.2) is 4.39 Å². The number of para-hydroxylation sites is 1. The third-order valence-corrected chi connectivity index (χ3v) is 4.03. The van der Waals surface area contributed by atoms with Crippen LogP contribution >= 0.6 is 0 Å². The van der Waals surface area contributed by atoms with E-state index in [0.29, 0.717) is 13.0 Å². The van der Waals surface area contributed by atoms with Gasteiger partial charge in [0.15, 0.2) is 6.61 Å². The van der Waals surface area contributed by atoms with Crippen molar-refractivity contribution in [1.82, 2.24) is 0 Å². The van der Waals surface area contributed by atoms with Gasteiger partial charge in [0.1, 0.15) is 11.6 Å². The number of anilines is 1. The molecule has 0 aliphatic heterocycles. The van der Waals surface area contributed by atoms with E-state index in [0.717, 1.165) is 16.2 Å². The van der Waals surface area contributed by atoms with Crippen LogP contribution in [0, 0.1) is 24.1 Å². The Labute approximate surface area is 169 Å². The van der Waals surface area contributed by atoms with Gasteiger partial charge in [-0.05, 0) is 43.2 Å². The largest absolute Gasteiger partial charge is 0.494 e. The molecule has 0 aliphatic rings. The zero-order chi connectivity index (χ0) is 21.1. The molecule has 0 aromatic heterocycles. The Morgan fingerprint density at radius 2 is 1.97 bits per heavy atom. The summed E-state index contributed by atoms with van der Waals surface area (Å²) in [6.07, 6.45) is 0.563. The van der Waals surface area contributed by atoms with E-state index in [4.69, 9.17) is 14.7 Å². The maximum absolute atomic E-state index is 14.0. The van der Waals surface area contributed by atoms with Gasteiger partial charge >= 0.3 is 5.97 Å². The lowest BCUT2D eigenvalue weighted by molar-refractivity contribution is -0.148. The zero-order valence-electron chi connectivity index (χ0n) is 16.3. The number of rotatable bonds is 10. The van der Waals surface area contributed by atoms with Gasteiger partial charge in [-0.2, -0.15) is 5.26 Å². The summed E-state index contributed by atoms with van der Waals surface area (Å²) >= 11 is 0. The van der Waals surface area contributed by atoms with E-state index < -0.39 is 24.3 Å². The lowest BCUT2D eigenvalue weighted by Crippen LogP contribution is -2.36. The second kappa shape index (κ2) is 11.4. The Bertz CT molecular complexity index is 879. The van der Waals surface area contributed by atoms with Crippen LogP contribution in [-0.2, 0) is 14.3 Å². The van der Waals surface area contributed by atoms with Crippen LogP contribution in [-0.4, -0.2) is 31.6 Å². The summed E-state index contributed by atoms with van der Waals surface area (Å²) in [5.41, 5.74) is 1.13. The van der Waals surface area contributed by atoms with Crippen LogP contribution in [0.3, 0.4) is 0 Å². The molecular formula is C22H23FN2O4. The quantitative estimate of drug-likeness (QED) is 0.449. The van der Waals surface area contributed by atoms with E-state index in [-0.39, 0.29) is 25.1 Å². The third kappa shape index (κ3) is 7.26. The molecule has 0 atom stereocenters. The average Bonchev–Trinajstić information content (AvgIpc) is 2.71. The van der Waals surface area contributed by atoms with Gasteiger partial charge in [0.05, 0.1) is 24.8 Å². The van der Waals surface area contributed by atoms with E-state index in [2.05, 4.69) is 0 Å². The summed E-state index contributed by atoms with van der Waals surface area (Å²) in [6, 6.07) is 15.3. The Morgan fingerprint density at radius 1 is 1.17 bits per heavy atom. The highest BCUT2D eigenvalue weighted by atomic mass is 19.1. The van der Waals surface area contributed by atoms with Crippen molar-refractivity contribution in [3.63, 3.8) is 0 Å². The highest BCUT2D eigenvalue weighted by Gasteiger charge is 2.20. The van der Waals surface area contributed by atoms with Gasteiger partial charge in [0.2, 0.25) is 0 Å². The molecule has 0 fully saturated rings. The topological polar surface area (TPSA) is 79.6 Å². The van der Waals surface area contributed by atoms with Crippen molar-refractivity contribution < 1.29 is 23.5 Å². The summed E-state index contributed by atoms with van der Waals surface area (Å²) in [4.78, 5) is 25.4. The molecule has 2 aromatic rings. The summed E-state index contributed by atoms with van der Waals surface area (Å²) in [7, 11) is 0. The smallest absolute Gasteiger partial charge is 0.306 e. The number of ether oxygens (including phenoxy) is 2. The van der Waals surface area contributed by atoms with E-state index in [1.54, 1.807) is 6.07 Å². The standard InChI is InChI=1S/C22H23FN2O4/c1-17-7-4-8-18(15-17)28-14-5-11-22(27)29-16-21(26)25(13-6-12-24)20-10-3-2-9-19(20)23/h2-4,7-10,15H,5-6,11,13-14,16H2,1H3. The highest BCUT2D eigenvalue weighted by Crippen LogP contribution is 2.19. The normalized spacial score (nSPS) is 10.1. The molecule has 152 valence electrons. The first-order valence-electron chi connectivity index (χ1n) is 9.28. The van der Waals surface area contributed by atoms with Crippen molar-refractivity contribution in [2.24, 2.45) is 0 Å². The average molecular weight is 398 g/mol. The van der Waals surface area contributed by atoms with Crippen LogP contribution in [0.5, 0.6) is 5.75 Å². The fraction of sp³-hybridized carbons (Fsp3) is 0.318. The number of hydrogen-bond acceptors (Lipinski definition) is 5. The molecule has 0 bridgehead atoms. The van der Waals surface area contributed by atoms with E-state index in [1.807, 2.05) is 37.3 Å². The van der Waals surface area contributed by atoms with Crippen molar-refractivity contribution in [2.75, 3.05) is 24.7 Å². The molecule has 7 heteroatoms. The Hall–Kier alpha value is -3.40. The number of nitrogens with zero attached hydrogens (tertiary/aromatic N) is 2. The SMILES string of the molecule is Cc1cccc(OCCCC(=O)OCC(=O)N(CCC#N)c2ccccc2F)c1. The van der Waals surface area contributed by atoms with Crippen molar-refractivity contribution in [1.29, 1.82) is 5.26 Å². The van der Waals surface area contributed by atoms with Crippen molar-refractivity contribution >= 4 is 17.6 Å². The number of halogens is 1. The minimum atomic E-state index is -0.588. The maximum Gasteiger partial charge on any atom is 0.306 e. The van der Waals surface area contributed by atoms with Gasteiger partial charge in [-0.15, -0.1) is 0 Å². The second-order valence-corrected chi connectivity index (χ2v) is 6.33. The first-order chi connectivity index (χ1) is 14.0. The number of hydrogen-bond donors (Lipinski definition) is 0. The number of nitriles is 1. The van der Waals surface area contributed by atoms with Gasteiger partial charge in [-0.3, -0.25) is 9.59 Å². The van der Waals surface area contributed by atoms with E-state index in [1.165, 1.54) is 18.2 Å². The van der Waals surface area contributed by atoms with Gasteiger partial charge in [0, 0.05) is 13.0 Å². The van der Waals surface area contributed by atoms with Crippen LogP contribution < -0.4 is 9.64 Å². The fourth-order valence-electron chi connectivity index (χ4n) is 2.62. The molecule has 6 nitrogen and oxygen atoms in total. The second-order valence-electron chi connectivity index (χ2n) is 6.33. The van der Waals surface area contributed by atoms with Crippen LogP contribution in [0.2, 0.25) is 0 Å². The lowest BCUT2D eigenvalue weighted by Gasteiger charge is -2.22. The predicted octanol–water partition coefficient (Wildman–Crippen LogP) is 3.78. The van der Waals surface area contributed by atoms with Crippen molar-refractivity contribution in [3.8, 4) is 11.8 Å². The van der Waals surface area contributed by atoms with Crippen molar-refractivity contribution in [2.45, 2.75) is 26.2 Å². The van der Waals surface area contributed by atoms with Crippen LogP contribution in [0.15, 0.2) is 48.5 Å². The maximum atomic E-state index is 14.0. The molecule has 0 aliphatic carbocycles. The minimum absolute atomic E-state index is 0.0121. The molecule has 0 radical (unpaired) electrons. The third-order valence-electron chi connectivity index (χ3n) is 4.03. The minimum Gasteiger partial charge on any atom is -0.494 e. The number of esters is 1. The Kier molecular flexibility index (Phi) is 8.64. The molecule has 0 saturated heterocycles. The fourth-order valence-corrected chi connectivity index (χ4v) is 2.62. The zero-order valence-corrected chi connectivity index (χ0v) is 16.3. The molecule has 1 amide bonds. The van der Waals surface area contributed by atoms with Crippen LogP contribution in [0.1, 0.15) is 24.8 Å².